The zero-order valence-corrected chi connectivity index (χ0v) is 21.1. The molecule has 9 nitrogen and oxygen atoms in total. The van der Waals surface area contributed by atoms with Gasteiger partial charge in [-0.2, -0.15) is 22.3 Å². The summed E-state index contributed by atoms with van der Waals surface area (Å²) in [5, 5.41) is 9.66. The van der Waals surface area contributed by atoms with Crippen molar-refractivity contribution in [3.63, 3.8) is 0 Å². The fraction of sp³-hybridized carbons (Fsp3) is 0.652. The van der Waals surface area contributed by atoms with Crippen LogP contribution in [0.4, 0.5) is 0 Å². The van der Waals surface area contributed by atoms with Gasteiger partial charge in [0, 0.05) is 57.2 Å². The average molecular weight is 478 g/mol. The quantitative estimate of drug-likeness (QED) is 0.460. The summed E-state index contributed by atoms with van der Waals surface area (Å²) in [5.74, 6) is -0.358. The van der Waals surface area contributed by atoms with E-state index in [-0.39, 0.29) is 49.9 Å². The van der Waals surface area contributed by atoms with Gasteiger partial charge in [0.1, 0.15) is 11.6 Å². The molecule has 0 N–H and O–H groups in total. The minimum Gasteiger partial charge on any atom is -0.373 e. The number of rotatable bonds is 6. The molecule has 0 spiro atoms. The molecular weight excluding hydrogens is 442 g/mol. The van der Waals surface area contributed by atoms with Gasteiger partial charge in [-0.05, 0) is 51.8 Å². The summed E-state index contributed by atoms with van der Waals surface area (Å²) in [6.45, 7) is 12.3. The molecule has 3 rings (SSSR count). The number of carbonyl (C=O) groups is 1. The molecule has 0 radical (unpaired) electrons. The zero-order valence-electron chi connectivity index (χ0n) is 20.2. The number of aromatic nitrogens is 1. The van der Waals surface area contributed by atoms with Crippen LogP contribution in [0.5, 0.6) is 0 Å². The Morgan fingerprint density at radius 3 is 2.30 bits per heavy atom. The molecule has 1 aromatic rings. The first-order chi connectivity index (χ1) is 15.6. The van der Waals surface area contributed by atoms with E-state index in [4.69, 9.17) is 4.74 Å². The molecule has 3 heterocycles. The van der Waals surface area contributed by atoms with Gasteiger partial charge < -0.3 is 14.2 Å². The maximum Gasteiger partial charge on any atom is 0.282 e. The number of aryl methyl sites for hydroxylation is 1. The third-order valence-electron chi connectivity index (χ3n) is 6.28. The Kier molecular flexibility index (Phi) is 8.00. The van der Waals surface area contributed by atoms with Gasteiger partial charge in [-0.25, -0.2) is 0 Å². The van der Waals surface area contributed by atoms with Crippen molar-refractivity contribution in [3.8, 4) is 6.07 Å². The number of ether oxygens (including phenoxy) is 1. The molecule has 33 heavy (non-hydrogen) atoms. The van der Waals surface area contributed by atoms with Gasteiger partial charge in [0.05, 0.1) is 12.2 Å². The smallest absolute Gasteiger partial charge is 0.282 e. The first-order valence-electron chi connectivity index (χ1n) is 11.6. The number of carbonyl (C=O) groups excluding carboxylic acids is 1. The topological polar surface area (TPSA) is 98.9 Å². The standard InChI is InChI=1S/C23H35N5O4S/c1-6-7-28-17(2)12-21(20(28)5)13-22(14-24)23(29)25-8-10-26(11-9-25)33(30,31)27-15-18(3)32-19(4)16-27/h12-13,18-19H,6-11,15-16H2,1-5H3/b22-13-. The maximum absolute atomic E-state index is 13.1. The number of piperazine rings is 1. The molecular formula is C23H35N5O4S. The van der Waals surface area contributed by atoms with Gasteiger partial charge in [-0.15, -0.1) is 0 Å². The SMILES string of the molecule is CCCn1c(C)cc(/C=C(/C#N)C(=O)N2CCN(S(=O)(=O)N3CC(C)OC(C)C3)CC2)c1C. The largest absolute Gasteiger partial charge is 0.373 e. The lowest BCUT2D eigenvalue weighted by molar-refractivity contribution is -0.127. The number of nitrogens with zero attached hydrogens (tertiary/aromatic N) is 5. The summed E-state index contributed by atoms with van der Waals surface area (Å²) in [6.07, 6.45) is 2.33. The lowest BCUT2D eigenvalue weighted by atomic mass is 10.1. The van der Waals surface area contributed by atoms with Crippen LogP contribution in [0.25, 0.3) is 6.08 Å². The molecule has 182 valence electrons. The second-order valence-corrected chi connectivity index (χ2v) is 10.8. The summed E-state index contributed by atoms with van der Waals surface area (Å²) in [4.78, 5) is 14.6. The molecule has 0 saturated carbocycles. The normalized spacial score (nSPS) is 23.5. The van der Waals surface area contributed by atoms with Crippen LogP contribution in [-0.4, -0.2) is 83.9 Å². The first kappa shape index (κ1) is 25.4. The maximum atomic E-state index is 13.1. The highest BCUT2D eigenvalue weighted by Crippen LogP contribution is 2.22. The van der Waals surface area contributed by atoms with Crippen LogP contribution >= 0.6 is 0 Å². The molecule has 2 aliphatic rings. The predicted octanol–water partition coefficient (Wildman–Crippen LogP) is 1.92. The molecule has 2 unspecified atom stereocenters. The second kappa shape index (κ2) is 10.4. The van der Waals surface area contributed by atoms with E-state index in [1.807, 2.05) is 39.8 Å². The van der Waals surface area contributed by atoms with Gasteiger partial charge in [-0.1, -0.05) is 6.92 Å². The molecule has 1 amide bonds. The van der Waals surface area contributed by atoms with Crippen LogP contribution in [0.3, 0.4) is 0 Å². The highest BCUT2D eigenvalue weighted by atomic mass is 32.2. The van der Waals surface area contributed by atoms with Crippen molar-refractivity contribution in [2.24, 2.45) is 0 Å². The Balaban J connectivity index is 1.69. The molecule has 2 atom stereocenters. The van der Waals surface area contributed by atoms with Gasteiger partial charge in [-0.3, -0.25) is 4.79 Å². The van der Waals surface area contributed by atoms with E-state index in [1.54, 1.807) is 11.0 Å². The number of nitriles is 1. The molecule has 2 saturated heterocycles. The number of hydrogen-bond donors (Lipinski definition) is 0. The Bertz CT molecular complexity index is 1040. The lowest BCUT2D eigenvalue weighted by Crippen LogP contribution is -2.57. The van der Waals surface area contributed by atoms with E-state index in [1.165, 1.54) is 8.61 Å². The second-order valence-electron chi connectivity index (χ2n) is 8.92. The highest BCUT2D eigenvalue weighted by molar-refractivity contribution is 7.86. The van der Waals surface area contributed by atoms with E-state index in [0.29, 0.717) is 13.1 Å². The lowest BCUT2D eigenvalue weighted by Gasteiger charge is -2.40. The first-order valence-corrected chi connectivity index (χ1v) is 13.0. The Hall–Kier alpha value is -2.19. The average Bonchev–Trinajstić information content (AvgIpc) is 3.04. The van der Waals surface area contributed by atoms with Gasteiger partial charge in [0.15, 0.2) is 0 Å². The minimum absolute atomic E-state index is 0.0684. The van der Waals surface area contributed by atoms with Gasteiger partial charge in [0.2, 0.25) is 0 Å². The van der Waals surface area contributed by atoms with E-state index >= 15 is 0 Å². The molecule has 0 bridgehead atoms. The summed E-state index contributed by atoms with van der Waals surface area (Å²) >= 11 is 0. The third-order valence-corrected chi connectivity index (χ3v) is 8.24. The van der Waals surface area contributed by atoms with E-state index in [0.717, 1.165) is 29.9 Å². The van der Waals surface area contributed by atoms with Crippen LogP contribution in [0, 0.1) is 25.2 Å². The van der Waals surface area contributed by atoms with Crippen LogP contribution in [0.1, 0.15) is 44.1 Å². The van der Waals surface area contributed by atoms with Crippen LogP contribution in [0.2, 0.25) is 0 Å². The van der Waals surface area contributed by atoms with E-state index in [9.17, 15) is 18.5 Å². The predicted molar refractivity (Wildman–Crippen MR) is 126 cm³/mol. The van der Waals surface area contributed by atoms with Crippen molar-refractivity contribution >= 4 is 22.2 Å². The molecule has 1 aromatic heterocycles. The zero-order chi connectivity index (χ0) is 24.3. The van der Waals surface area contributed by atoms with Crippen LogP contribution in [-0.2, 0) is 26.3 Å². The monoisotopic (exact) mass is 477 g/mol. The Labute approximate surface area is 197 Å². The third kappa shape index (κ3) is 5.49. The van der Waals surface area contributed by atoms with E-state index < -0.39 is 10.2 Å². The number of amides is 1. The van der Waals surface area contributed by atoms with Crippen molar-refractivity contribution in [3.05, 3.63) is 28.6 Å². The van der Waals surface area contributed by atoms with E-state index in [2.05, 4.69) is 11.5 Å². The summed E-state index contributed by atoms with van der Waals surface area (Å²) < 4.78 is 36.9. The van der Waals surface area contributed by atoms with Crippen molar-refractivity contribution in [1.29, 1.82) is 5.26 Å². The molecule has 2 aliphatic heterocycles. The molecule has 0 aromatic carbocycles. The minimum atomic E-state index is -3.62. The summed E-state index contributed by atoms with van der Waals surface area (Å²) in [6, 6.07) is 4.04. The molecule has 10 heteroatoms. The van der Waals surface area contributed by atoms with Crippen molar-refractivity contribution < 1.29 is 17.9 Å². The summed E-state index contributed by atoms with van der Waals surface area (Å²) in [5.41, 5.74) is 3.05. The molecule has 0 aliphatic carbocycles. The highest BCUT2D eigenvalue weighted by Gasteiger charge is 2.37. The molecule has 2 fully saturated rings. The number of morpholine rings is 1. The van der Waals surface area contributed by atoms with Crippen LogP contribution < -0.4 is 0 Å². The van der Waals surface area contributed by atoms with Gasteiger partial charge in [0.25, 0.3) is 16.1 Å². The fourth-order valence-electron chi connectivity index (χ4n) is 4.61. The van der Waals surface area contributed by atoms with Crippen LogP contribution in [0.15, 0.2) is 11.6 Å². The summed E-state index contributed by atoms with van der Waals surface area (Å²) in [7, 11) is -3.62. The van der Waals surface area contributed by atoms with Gasteiger partial charge >= 0.3 is 0 Å². The van der Waals surface area contributed by atoms with Crippen molar-refractivity contribution in [2.75, 3.05) is 39.3 Å². The Morgan fingerprint density at radius 1 is 1.15 bits per heavy atom. The Morgan fingerprint density at radius 2 is 1.76 bits per heavy atom. The van der Waals surface area contributed by atoms with Crippen molar-refractivity contribution in [1.82, 2.24) is 18.1 Å². The number of hydrogen-bond acceptors (Lipinski definition) is 5. The van der Waals surface area contributed by atoms with Crippen molar-refractivity contribution in [2.45, 2.75) is 59.8 Å². The fourth-order valence-corrected chi connectivity index (χ4v) is 6.36.